The van der Waals surface area contributed by atoms with Crippen molar-refractivity contribution in [3.05, 3.63) is 0 Å². The van der Waals surface area contributed by atoms with E-state index in [2.05, 4.69) is 0 Å². The number of hydrogen-bond acceptors (Lipinski definition) is 2. The average molecular weight is 193 g/mol. The molecule has 1 unspecified atom stereocenters. The second-order valence-corrected chi connectivity index (χ2v) is 6.72. The first-order valence-corrected chi connectivity index (χ1v) is 5.67. The predicted molar refractivity (Wildman–Crippen MR) is 48.1 cm³/mol. The zero-order valence-electron chi connectivity index (χ0n) is 8.12. The molecule has 0 aliphatic rings. The standard InChI is InChI=1S/C8H17O3S/c1-5-6-7(9)12(10,11)8(2,3)4/h7H,5-6H2,1-4H3. The highest BCUT2D eigenvalue weighted by Crippen LogP contribution is 2.22. The van der Waals surface area contributed by atoms with Crippen LogP contribution in [-0.2, 0) is 14.9 Å². The van der Waals surface area contributed by atoms with Gasteiger partial charge in [-0.1, -0.05) is 13.3 Å². The molecule has 1 radical (unpaired) electrons. The van der Waals surface area contributed by atoms with Crippen molar-refractivity contribution in [1.29, 1.82) is 0 Å². The minimum Gasteiger partial charge on any atom is -0.225 e. The molecule has 0 aromatic heterocycles. The first-order valence-electron chi connectivity index (χ1n) is 4.12. The predicted octanol–water partition coefficient (Wildman–Crippen LogP) is 1.76. The van der Waals surface area contributed by atoms with E-state index < -0.39 is 20.0 Å². The maximum Gasteiger partial charge on any atom is 0.194 e. The molecule has 73 valence electrons. The Labute approximate surface area is 74.7 Å². The van der Waals surface area contributed by atoms with Crippen LogP contribution in [0.15, 0.2) is 0 Å². The van der Waals surface area contributed by atoms with Gasteiger partial charge in [0.1, 0.15) is 0 Å². The summed E-state index contributed by atoms with van der Waals surface area (Å²) in [7, 11) is -3.49. The second kappa shape index (κ2) is 3.75. The molecule has 0 saturated heterocycles. The van der Waals surface area contributed by atoms with E-state index in [1.807, 2.05) is 6.92 Å². The van der Waals surface area contributed by atoms with E-state index in [1.165, 1.54) is 0 Å². The highest BCUT2D eigenvalue weighted by Gasteiger charge is 2.36. The van der Waals surface area contributed by atoms with Crippen molar-refractivity contribution in [3.8, 4) is 0 Å². The lowest BCUT2D eigenvalue weighted by Gasteiger charge is -2.21. The minimum absolute atomic E-state index is 0.208. The molecule has 0 aromatic carbocycles. The van der Waals surface area contributed by atoms with Crippen LogP contribution < -0.4 is 0 Å². The summed E-state index contributed by atoms with van der Waals surface area (Å²) in [4.78, 5) is 0. The first-order chi connectivity index (χ1) is 5.23. The van der Waals surface area contributed by atoms with Gasteiger partial charge in [-0.3, -0.25) is 0 Å². The van der Waals surface area contributed by atoms with Crippen LogP contribution in [0.25, 0.3) is 0 Å². The molecule has 0 aliphatic heterocycles. The topological polar surface area (TPSA) is 54.0 Å². The Morgan fingerprint density at radius 1 is 1.25 bits per heavy atom. The van der Waals surface area contributed by atoms with E-state index >= 15 is 0 Å². The molecule has 12 heavy (non-hydrogen) atoms. The van der Waals surface area contributed by atoms with Gasteiger partial charge in [0.25, 0.3) is 0 Å². The van der Waals surface area contributed by atoms with Gasteiger partial charge >= 0.3 is 0 Å². The summed E-state index contributed by atoms with van der Waals surface area (Å²) in [5.41, 5.74) is -1.46. The normalized spacial score (nSPS) is 16.1. The molecule has 4 heteroatoms. The summed E-state index contributed by atoms with van der Waals surface area (Å²) >= 11 is 0. The zero-order valence-corrected chi connectivity index (χ0v) is 8.94. The number of rotatable bonds is 3. The summed E-state index contributed by atoms with van der Waals surface area (Å²) in [6.45, 7) is 6.48. The minimum atomic E-state index is -3.49. The van der Waals surface area contributed by atoms with Gasteiger partial charge in [-0.25, -0.2) is 13.5 Å². The van der Waals surface area contributed by atoms with Gasteiger partial charge in [0.15, 0.2) is 15.3 Å². The lowest BCUT2D eigenvalue weighted by Crippen LogP contribution is -2.36. The third-order valence-electron chi connectivity index (χ3n) is 1.72. The highest BCUT2D eigenvalue weighted by atomic mass is 32.2. The molecule has 3 nitrogen and oxygen atoms in total. The molecule has 0 amide bonds. The Balaban J connectivity index is 4.64. The molecule has 0 N–H and O–H groups in total. The number of sulfone groups is 1. The van der Waals surface area contributed by atoms with Crippen LogP contribution in [0, 0.1) is 0 Å². The Bertz CT molecular complexity index is 223. The Hall–Kier alpha value is -0.0900. The highest BCUT2D eigenvalue weighted by molar-refractivity contribution is 7.93. The van der Waals surface area contributed by atoms with Gasteiger partial charge in [-0.2, -0.15) is 0 Å². The third kappa shape index (κ3) is 2.45. The molecule has 0 bridgehead atoms. The van der Waals surface area contributed by atoms with Gasteiger partial charge < -0.3 is 0 Å². The summed E-state index contributed by atoms with van der Waals surface area (Å²) in [6.07, 6.45) is 0.823. The molecule has 0 saturated carbocycles. The van der Waals surface area contributed by atoms with Crippen molar-refractivity contribution in [2.75, 3.05) is 0 Å². The molecule has 0 rings (SSSR count). The molecule has 0 fully saturated rings. The van der Waals surface area contributed by atoms with Crippen LogP contribution >= 0.6 is 0 Å². The number of hydrogen-bond donors (Lipinski definition) is 0. The molecule has 0 spiro atoms. The maximum atomic E-state index is 11.4. The largest absolute Gasteiger partial charge is 0.225 e. The van der Waals surface area contributed by atoms with E-state index in [0.717, 1.165) is 0 Å². The van der Waals surface area contributed by atoms with Gasteiger partial charge in [0.05, 0.1) is 4.75 Å². The van der Waals surface area contributed by atoms with Gasteiger partial charge in [0, 0.05) is 0 Å². The van der Waals surface area contributed by atoms with Crippen molar-refractivity contribution in [2.45, 2.75) is 50.7 Å². The Morgan fingerprint density at radius 3 is 1.92 bits per heavy atom. The molecule has 0 aliphatic carbocycles. The summed E-state index contributed by atoms with van der Waals surface area (Å²) in [6, 6.07) is 0. The molecule has 0 heterocycles. The van der Waals surface area contributed by atoms with Crippen molar-refractivity contribution in [3.63, 3.8) is 0 Å². The van der Waals surface area contributed by atoms with Crippen molar-refractivity contribution in [1.82, 2.24) is 0 Å². The molecule has 1 atom stereocenters. The summed E-state index contributed by atoms with van der Waals surface area (Å²) < 4.78 is 21.9. The maximum absolute atomic E-state index is 11.4. The Kier molecular flexibility index (Phi) is 3.72. The van der Waals surface area contributed by atoms with Crippen LogP contribution in [0.1, 0.15) is 40.5 Å². The van der Waals surface area contributed by atoms with E-state index in [-0.39, 0.29) is 6.42 Å². The molecule has 0 aromatic rings. The second-order valence-electron chi connectivity index (χ2n) is 3.88. The summed E-state index contributed by atoms with van der Waals surface area (Å²) in [5.74, 6) is 0. The van der Waals surface area contributed by atoms with E-state index in [9.17, 15) is 13.5 Å². The van der Waals surface area contributed by atoms with Gasteiger partial charge in [0.2, 0.25) is 0 Å². The molecular weight excluding hydrogens is 176 g/mol. The fraction of sp³-hybridized carbons (Fsp3) is 1.00. The van der Waals surface area contributed by atoms with Crippen LogP contribution in [0.4, 0.5) is 0 Å². The Morgan fingerprint density at radius 2 is 1.67 bits per heavy atom. The van der Waals surface area contributed by atoms with Crippen molar-refractivity contribution < 1.29 is 13.5 Å². The smallest absolute Gasteiger partial charge is 0.194 e. The third-order valence-corrected chi connectivity index (χ3v) is 4.36. The quantitative estimate of drug-likeness (QED) is 0.685. The lowest BCUT2D eigenvalue weighted by atomic mass is 10.3. The van der Waals surface area contributed by atoms with Crippen LogP contribution in [0.5, 0.6) is 0 Å². The lowest BCUT2D eigenvalue weighted by molar-refractivity contribution is 0.144. The van der Waals surface area contributed by atoms with E-state index in [4.69, 9.17) is 0 Å². The van der Waals surface area contributed by atoms with Crippen molar-refractivity contribution >= 4 is 9.84 Å². The van der Waals surface area contributed by atoms with Crippen LogP contribution in [-0.4, -0.2) is 18.6 Å². The van der Waals surface area contributed by atoms with E-state index in [1.54, 1.807) is 20.8 Å². The fourth-order valence-corrected chi connectivity index (χ4v) is 2.12. The van der Waals surface area contributed by atoms with Crippen LogP contribution in [0.3, 0.4) is 0 Å². The van der Waals surface area contributed by atoms with Crippen molar-refractivity contribution in [2.24, 2.45) is 0 Å². The molecular formula is C8H17O3S. The first kappa shape index (κ1) is 11.9. The average Bonchev–Trinajstić information content (AvgIpc) is 1.85. The zero-order chi connectivity index (χ0) is 9.99. The fourth-order valence-electron chi connectivity index (χ4n) is 0.785. The van der Waals surface area contributed by atoms with Crippen LogP contribution in [0.2, 0.25) is 0 Å². The van der Waals surface area contributed by atoms with Gasteiger partial charge in [-0.05, 0) is 27.2 Å². The SMILES string of the molecule is CCCC([O])S(=O)(=O)C(C)(C)C. The monoisotopic (exact) mass is 193 g/mol. The van der Waals surface area contributed by atoms with Gasteiger partial charge in [-0.15, -0.1) is 0 Å². The summed E-state index contributed by atoms with van der Waals surface area (Å²) in [5, 5.41) is 11.2. The van der Waals surface area contributed by atoms with E-state index in [0.29, 0.717) is 6.42 Å².